The van der Waals surface area contributed by atoms with Crippen molar-refractivity contribution in [3.63, 3.8) is 0 Å². The van der Waals surface area contributed by atoms with Gasteiger partial charge in [0.05, 0.1) is 5.69 Å². The Kier molecular flexibility index (Phi) is 7.06. The summed E-state index contributed by atoms with van der Waals surface area (Å²) in [5.74, 6) is 0.865. The normalized spacial score (nSPS) is 28.8. The number of fused-ring (bicyclic) bond motifs is 4. The van der Waals surface area contributed by atoms with Gasteiger partial charge in [-0.3, -0.25) is 9.69 Å². The number of piperazine rings is 1. The summed E-state index contributed by atoms with van der Waals surface area (Å²) in [5, 5.41) is 6.82. The summed E-state index contributed by atoms with van der Waals surface area (Å²) in [6.45, 7) is 9.77. The van der Waals surface area contributed by atoms with E-state index in [2.05, 4.69) is 20.5 Å². The number of piperidine rings is 1. The highest BCUT2D eigenvalue weighted by atomic mass is 16.6. The lowest BCUT2D eigenvalue weighted by Crippen LogP contribution is -2.53. The fourth-order valence-corrected chi connectivity index (χ4v) is 7.58. The predicted molar refractivity (Wildman–Crippen MR) is 150 cm³/mol. The highest BCUT2D eigenvalue weighted by Crippen LogP contribution is 2.55. The van der Waals surface area contributed by atoms with Crippen LogP contribution >= 0.6 is 0 Å². The Morgan fingerprint density at radius 1 is 1.08 bits per heavy atom. The quantitative estimate of drug-likeness (QED) is 0.594. The van der Waals surface area contributed by atoms with Crippen LogP contribution in [0.3, 0.4) is 0 Å². The van der Waals surface area contributed by atoms with Crippen LogP contribution in [0.4, 0.5) is 10.7 Å². The number of ether oxygens (including phenoxy) is 1. The lowest BCUT2D eigenvalue weighted by molar-refractivity contribution is -0.120. The second kappa shape index (κ2) is 10.4. The maximum atomic E-state index is 12.8. The Hall–Kier alpha value is -2.68. The molecule has 3 heterocycles. The van der Waals surface area contributed by atoms with Gasteiger partial charge in [-0.05, 0) is 65.4 Å². The summed E-state index contributed by atoms with van der Waals surface area (Å²) in [4.78, 5) is 39.3. The van der Waals surface area contributed by atoms with Gasteiger partial charge in [0.1, 0.15) is 5.60 Å². The van der Waals surface area contributed by atoms with Gasteiger partial charge in [-0.1, -0.05) is 19.3 Å². The lowest BCUT2D eigenvalue weighted by atomic mass is 9.61. The number of nitrogens with zero attached hydrogens (tertiary/aromatic N) is 4. The molecule has 2 saturated carbocycles. The highest BCUT2D eigenvalue weighted by Gasteiger charge is 2.51. The monoisotopic (exact) mass is 536 g/mol. The molecule has 0 aromatic carbocycles. The molecule has 0 bridgehead atoms. The molecule has 9 heteroatoms. The zero-order chi connectivity index (χ0) is 27.2. The van der Waals surface area contributed by atoms with Crippen LogP contribution in [0.5, 0.6) is 0 Å². The molecule has 2 amide bonds. The fraction of sp³-hybridized carbons (Fsp3) is 0.733. The van der Waals surface area contributed by atoms with E-state index in [1.165, 1.54) is 19.3 Å². The van der Waals surface area contributed by atoms with Crippen molar-refractivity contribution in [1.82, 2.24) is 25.1 Å². The molecule has 9 nitrogen and oxygen atoms in total. The van der Waals surface area contributed by atoms with Crippen molar-refractivity contribution in [2.24, 2.45) is 5.41 Å². The molecule has 2 saturated heterocycles. The summed E-state index contributed by atoms with van der Waals surface area (Å²) < 4.78 is 5.55. The number of anilines is 1. The maximum absolute atomic E-state index is 12.8. The first kappa shape index (κ1) is 26.5. The number of rotatable bonds is 3. The second-order valence-corrected chi connectivity index (χ2v) is 13.3. The van der Waals surface area contributed by atoms with Crippen molar-refractivity contribution in [2.75, 3.05) is 38.0 Å². The van der Waals surface area contributed by atoms with Crippen LogP contribution in [0.25, 0.3) is 6.08 Å². The lowest BCUT2D eigenvalue weighted by Gasteiger charge is -2.46. The number of nitrogens with one attached hydrogen (secondary N) is 2. The first-order valence-electron chi connectivity index (χ1n) is 15.1. The van der Waals surface area contributed by atoms with Crippen LogP contribution in [0, 0.1) is 5.41 Å². The minimum Gasteiger partial charge on any atom is -0.444 e. The summed E-state index contributed by atoms with van der Waals surface area (Å²) >= 11 is 0. The molecule has 1 aromatic heterocycles. The molecule has 2 N–H and O–H groups in total. The van der Waals surface area contributed by atoms with Gasteiger partial charge in [0.25, 0.3) is 0 Å². The third kappa shape index (κ3) is 5.39. The van der Waals surface area contributed by atoms with Gasteiger partial charge in [0.2, 0.25) is 11.9 Å². The first-order chi connectivity index (χ1) is 18.7. The molecule has 6 rings (SSSR count). The number of carbonyl (C=O) groups is 2. The van der Waals surface area contributed by atoms with E-state index in [0.29, 0.717) is 18.0 Å². The van der Waals surface area contributed by atoms with E-state index in [0.717, 1.165) is 88.1 Å². The number of hydrogen-bond acceptors (Lipinski definition) is 7. The van der Waals surface area contributed by atoms with Crippen LogP contribution < -0.4 is 10.6 Å². The summed E-state index contributed by atoms with van der Waals surface area (Å²) in [7, 11) is 0. The molecule has 3 aliphatic carbocycles. The Bertz CT molecular complexity index is 1120. The molecule has 1 spiro atoms. The number of hydrogen-bond donors (Lipinski definition) is 2. The topological polar surface area (TPSA) is 99.7 Å². The molecule has 0 radical (unpaired) electrons. The van der Waals surface area contributed by atoms with E-state index in [9.17, 15) is 9.59 Å². The average Bonchev–Trinajstić information content (AvgIpc) is 3.32. The number of aromatic nitrogens is 2. The standard InChI is InChI=1S/C30H44N6O3/c1-29(2,3)39-28(38)36-15-13-35(14-16-36)22-9-7-21(8-10-22)33-27-31-18-20-17-23-24(25(20)34-27)30(19-32-26(23)37)11-5-4-6-12-30/h17-18,21-22,24H,4-16,19H2,1-3H3,(H,32,37)(H,31,33,34)/t21-,22-,24?. The Morgan fingerprint density at radius 3 is 2.49 bits per heavy atom. The molecule has 5 aliphatic rings. The Labute approximate surface area is 232 Å². The van der Waals surface area contributed by atoms with Crippen molar-refractivity contribution in [2.45, 2.75) is 102 Å². The third-order valence-electron chi connectivity index (χ3n) is 9.58. The Balaban J connectivity index is 1.04. The minimum atomic E-state index is -0.455. The third-order valence-corrected chi connectivity index (χ3v) is 9.58. The van der Waals surface area contributed by atoms with Crippen molar-refractivity contribution >= 4 is 24.0 Å². The molecule has 1 unspecified atom stereocenters. The van der Waals surface area contributed by atoms with Crippen molar-refractivity contribution in [3.8, 4) is 0 Å². The van der Waals surface area contributed by atoms with E-state index in [4.69, 9.17) is 9.72 Å². The first-order valence-corrected chi connectivity index (χ1v) is 15.1. The van der Waals surface area contributed by atoms with Gasteiger partial charge >= 0.3 is 6.09 Å². The van der Waals surface area contributed by atoms with E-state index in [1.54, 1.807) is 0 Å². The molecule has 212 valence electrons. The van der Waals surface area contributed by atoms with E-state index in [1.807, 2.05) is 37.9 Å². The second-order valence-electron chi connectivity index (χ2n) is 13.3. The molecule has 4 fully saturated rings. The van der Waals surface area contributed by atoms with Crippen molar-refractivity contribution in [3.05, 3.63) is 23.0 Å². The van der Waals surface area contributed by atoms with Gasteiger partial charge in [0, 0.05) is 73.5 Å². The zero-order valence-electron chi connectivity index (χ0n) is 23.8. The van der Waals surface area contributed by atoms with Crippen LogP contribution in [-0.4, -0.2) is 82.2 Å². The fourth-order valence-electron chi connectivity index (χ4n) is 7.58. The van der Waals surface area contributed by atoms with E-state index < -0.39 is 5.60 Å². The molecule has 1 atom stereocenters. The van der Waals surface area contributed by atoms with Crippen molar-refractivity contribution < 1.29 is 14.3 Å². The number of amides is 2. The van der Waals surface area contributed by atoms with Gasteiger partial charge in [-0.15, -0.1) is 0 Å². The van der Waals surface area contributed by atoms with Gasteiger partial charge in [0.15, 0.2) is 0 Å². The van der Waals surface area contributed by atoms with Gasteiger partial charge < -0.3 is 20.3 Å². The minimum absolute atomic E-state index is 0.0638. The zero-order valence-corrected chi connectivity index (χ0v) is 23.8. The average molecular weight is 537 g/mol. The molecule has 1 aromatic rings. The van der Waals surface area contributed by atoms with Crippen LogP contribution in [0.2, 0.25) is 0 Å². The Morgan fingerprint density at radius 2 is 1.79 bits per heavy atom. The highest BCUT2D eigenvalue weighted by molar-refractivity contribution is 6.02. The SMILES string of the molecule is CC(C)(C)OC(=O)N1CCN([C@H]2CC[C@H](Nc3ncc4c(n3)C3C(=C4)C(=O)NCC34CCCCC4)CC2)CC1. The summed E-state index contributed by atoms with van der Waals surface area (Å²) in [6, 6.07) is 0.915. The molecular formula is C30H44N6O3. The molecule has 39 heavy (non-hydrogen) atoms. The van der Waals surface area contributed by atoms with Crippen LogP contribution in [0.1, 0.15) is 95.7 Å². The van der Waals surface area contributed by atoms with Gasteiger partial charge in [-0.2, -0.15) is 0 Å². The maximum Gasteiger partial charge on any atom is 0.410 e. The van der Waals surface area contributed by atoms with Crippen molar-refractivity contribution in [1.29, 1.82) is 0 Å². The van der Waals surface area contributed by atoms with E-state index in [-0.39, 0.29) is 23.3 Å². The summed E-state index contributed by atoms with van der Waals surface area (Å²) in [6.07, 6.45) is 14.2. The van der Waals surface area contributed by atoms with E-state index >= 15 is 0 Å². The van der Waals surface area contributed by atoms with Crippen LogP contribution in [-0.2, 0) is 9.53 Å². The summed E-state index contributed by atoms with van der Waals surface area (Å²) in [5.41, 5.74) is 2.59. The van der Waals surface area contributed by atoms with Gasteiger partial charge in [-0.25, -0.2) is 14.8 Å². The predicted octanol–water partition coefficient (Wildman–Crippen LogP) is 4.31. The smallest absolute Gasteiger partial charge is 0.410 e. The number of carbonyl (C=O) groups excluding carboxylic acids is 2. The molecule has 2 aliphatic heterocycles. The van der Waals surface area contributed by atoms with Crippen LogP contribution in [0.15, 0.2) is 11.8 Å². The molecular weight excluding hydrogens is 492 g/mol. The largest absolute Gasteiger partial charge is 0.444 e.